The Kier molecular flexibility index (Phi) is 5.95. The van der Waals surface area contributed by atoms with Crippen LogP contribution in [0.2, 0.25) is 5.02 Å². The summed E-state index contributed by atoms with van der Waals surface area (Å²) in [5.74, 6) is -0.0612. The first-order chi connectivity index (χ1) is 13.9. The highest BCUT2D eigenvalue weighted by molar-refractivity contribution is 7.88. The molecule has 0 spiro atoms. The van der Waals surface area contributed by atoms with Crippen molar-refractivity contribution in [3.8, 4) is 0 Å². The lowest BCUT2D eigenvalue weighted by atomic mass is 9.94. The van der Waals surface area contributed by atoms with Gasteiger partial charge in [0.25, 0.3) is 0 Å². The summed E-state index contributed by atoms with van der Waals surface area (Å²) in [6.45, 7) is 1.51. The van der Waals surface area contributed by atoms with Crippen LogP contribution in [-0.2, 0) is 27.0 Å². The third-order valence-corrected chi connectivity index (χ3v) is 7.90. The van der Waals surface area contributed by atoms with E-state index in [0.717, 1.165) is 25.1 Å². The number of nitrogens with zero attached hydrogens (tertiary/aromatic N) is 2. The van der Waals surface area contributed by atoms with Gasteiger partial charge >= 0.3 is 0 Å². The van der Waals surface area contributed by atoms with Gasteiger partial charge in [0.1, 0.15) is 0 Å². The van der Waals surface area contributed by atoms with Crippen LogP contribution < -0.4 is 4.90 Å². The lowest BCUT2D eigenvalue weighted by Gasteiger charge is -2.36. The Morgan fingerprint density at radius 2 is 1.79 bits per heavy atom. The van der Waals surface area contributed by atoms with E-state index in [2.05, 4.69) is 6.07 Å². The molecule has 0 bridgehead atoms. The van der Waals surface area contributed by atoms with E-state index in [4.69, 9.17) is 11.6 Å². The van der Waals surface area contributed by atoms with Crippen LogP contribution >= 0.6 is 11.6 Å². The molecule has 1 saturated heterocycles. The molecule has 0 N–H and O–H groups in total. The first kappa shape index (κ1) is 20.4. The molecular formula is C22H25ClN2O3S. The number of fused-ring (bicyclic) bond motifs is 1. The lowest BCUT2D eigenvalue weighted by Crippen LogP contribution is -2.46. The molecule has 2 heterocycles. The van der Waals surface area contributed by atoms with Crippen molar-refractivity contribution in [2.75, 3.05) is 24.5 Å². The molecule has 2 aliphatic heterocycles. The first-order valence-corrected chi connectivity index (χ1v) is 12.0. The van der Waals surface area contributed by atoms with Crippen molar-refractivity contribution in [2.24, 2.45) is 5.92 Å². The smallest absolute Gasteiger partial charge is 0.230 e. The highest BCUT2D eigenvalue weighted by atomic mass is 35.5. The van der Waals surface area contributed by atoms with E-state index in [1.807, 2.05) is 23.1 Å². The molecule has 0 unspecified atom stereocenters. The second-order valence-corrected chi connectivity index (χ2v) is 10.2. The monoisotopic (exact) mass is 432 g/mol. The summed E-state index contributed by atoms with van der Waals surface area (Å²) < 4.78 is 27.1. The highest BCUT2D eigenvalue weighted by Gasteiger charge is 2.34. The Labute approximate surface area is 177 Å². The van der Waals surface area contributed by atoms with E-state index < -0.39 is 10.0 Å². The van der Waals surface area contributed by atoms with Gasteiger partial charge in [0.15, 0.2) is 0 Å². The first-order valence-electron chi connectivity index (χ1n) is 10.1. The summed E-state index contributed by atoms with van der Waals surface area (Å²) in [7, 11) is -3.43. The minimum atomic E-state index is -3.43. The quantitative estimate of drug-likeness (QED) is 0.737. The van der Waals surface area contributed by atoms with Gasteiger partial charge in [-0.1, -0.05) is 41.9 Å². The van der Waals surface area contributed by atoms with Crippen molar-refractivity contribution in [1.29, 1.82) is 0 Å². The third kappa shape index (κ3) is 4.49. The third-order valence-electron chi connectivity index (χ3n) is 5.81. The van der Waals surface area contributed by atoms with Crippen LogP contribution in [0.3, 0.4) is 0 Å². The number of para-hydroxylation sites is 1. The second-order valence-electron chi connectivity index (χ2n) is 7.78. The van der Waals surface area contributed by atoms with E-state index in [-0.39, 0.29) is 17.6 Å². The van der Waals surface area contributed by atoms with E-state index in [0.29, 0.717) is 36.5 Å². The molecule has 0 aromatic heterocycles. The molecule has 0 aliphatic carbocycles. The standard InChI is InChI=1S/C22H25ClN2O3S/c23-20-8-3-5-17(15-20)16-29(27,28)24-13-10-19(11-14-24)22(26)25-12-4-7-18-6-1-2-9-21(18)25/h1-3,5-6,8-9,15,19H,4,7,10-14,16H2. The number of carbonyl (C=O) groups excluding carboxylic acids is 1. The van der Waals surface area contributed by atoms with Crippen molar-refractivity contribution in [3.05, 3.63) is 64.7 Å². The van der Waals surface area contributed by atoms with Crippen LogP contribution in [0.5, 0.6) is 0 Å². The van der Waals surface area contributed by atoms with E-state index in [1.165, 1.54) is 9.87 Å². The predicted octanol–water partition coefficient (Wildman–Crippen LogP) is 3.86. The fourth-order valence-electron chi connectivity index (χ4n) is 4.29. The van der Waals surface area contributed by atoms with Crippen LogP contribution in [0, 0.1) is 5.92 Å². The zero-order valence-corrected chi connectivity index (χ0v) is 17.8. The molecular weight excluding hydrogens is 408 g/mol. The second kappa shape index (κ2) is 8.46. The number of sulfonamides is 1. The van der Waals surface area contributed by atoms with Crippen LogP contribution in [0.25, 0.3) is 0 Å². The molecule has 1 amide bonds. The molecule has 29 heavy (non-hydrogen) atoms. The van der Waals surface area contributed by atoms with Gasteiger partial charge < -0.3 is 4.90 Å². The zero-order chi connectivity index (χ0) is 20.4. The van der Waals surface area contributed by atoms with Crippen molar-refractivity contribution in [2.45, 2.75) is 31.4 Å². The molecule has 7 heteroatoms. The van der Waals surface area contributed by atoms with Gasteiger partial charge in [-0.3, -0.25) is 4.79 Å². The maximum Gasteiger partial charge on any atom is 0.230 e. The molecule has 0 radical (unpaired) electrons. The number of piperidine rings is 1. The molecule has 5 nitrogen and oxygen atoms in total. The Hall–Kier alpha value is -1.89. The summed E-state index contributed by atoms with van der Waals surface area (Å²) >= 11 is 5.97. The average molecular weight is 433 g/mol. The van der Waals surface area contributed by atoms with E-state index >= 15 is 0 Å². The SMILES string of the molecule is O=C(C1CCN(S(=O)(=O)Cc2cccc(Cl)c2)CC1)N1CCCc2ccccc21. The van der Waals surface area contributed by atoms with Crippen LogP contribution in [0.1, 0.15) is 30.4 Å². The Bertz CT molecular complexity index is 1000. The van der Waals surface area contributed by atoms with Gasteiger partial charge in [-0.05, 0) is 55.0 Å². The lowest BCUT2D eigenvalue weighted by molar-refractivity contribution is -0.123. The Morgan fingerprint density at radius 3 is 2.55 bits per heavy atom. The fourth-order valence-corrected chi connectivity index (χ4v) is 6.06. The van der Waals surface area contributed by atoms with Gasteiger partial charge in [0, 0.05) is 36.3 Å². The average Bonchev–Trinajstić information content (AvgIpc) is 2.72. The van der Waals surface area contributed by atoms with Gasteiger partial charge in [0.2, 0.25) is 15.9 Å². The maximum absolute atomic E-state index is 13.1. The molecule has 0 atom stereocenters. The number of anilines is 1. The number of halogens is 1. The van der Waals surface area contributed by atoms with Crippen molar-refractivity contribution in [1.82, 2.24) is 4.31 Å². The van der Waals surface area contributed by atoms with Crippen LogP contribution in [-0.4, -0.2) is 38.3 Å². The fraction of sp³-hybridized carbons (Fsp3) is 0.409. The number of rotatable bonds is 4. The largest absolute Gasteiger partial charge is 0.312 e. The number of amides is 1. The topological polar surface area (TPSA) is 57.7 Å². The van der Waals surface area contributed by atoms with Crippen LogP contribution in [0.4, 0.5) is 5.69 Å². The van der Waals surface area contributed by atoms with Gasteiger partial charge in [-0.15, -0.1) is 0 Å². The van der Waals surface area contributed by atoms with Crippen LogP contribution in [0.15, 0.2) is 48.5 Å². The van der Waals surface area contributed by atoms with Crippen molar-refractivity contribution >= 4 is 33.2 Å². The summed E-state index contributed by atoms with van der Waals surface area (Å²) in [5.41, 5.74) is 2.91. The summed E-state index contributed by atoms with van der Waals surface area (Å²) in [4.78, 5) is 15.0. The minimum absolute atomic E-state index is 0.0638. The van der Waals surface area contributed by atoms with Gasteiger partial charge in [-0.25, -0.2) is 12.7 Å². The van der Waals surface area contributed by atoms with E-state index in [9.17, 15) is 13.2 Å². The van der Waals surface area contributed by atoms with E-state index in [1.54, 1.807) is 24.3 Å². The maximum atomic E-state index is 13.1. The normalized spacial score (nSPS) is 18.4. The molecule has 0 saturated carbocycles. The number of aryl methyl sites for hydroxylation is 1. The van der Waals surface area contributed by atoms with Crippen molar-refractivity contribution < 1.29 is 13.2 Å². The molecule has 2 aromatic carbocycles. The number of carbonyl (C=O) groups is 1. The Balaban J connectivity index is 1.40. The minimum Gasteiger partial charge on any atom is -0.312 e. The summed E-state index contributed by atoms with van der Waals surface area (Å²) in [6.07, 6.45) is 3.09. The van der Waals surface area contributed by atoms with Gasteiger partial charge in [-0.2, -0.15) is 0 Å². The number of hydrogen-bond acceptors (Lipinski definition) is 3. The summed E-state index contributed by atoms with van der Waals surface area (Å²) in [5, 5.41) is 0.531. The van der Waals surface area contributed by atoms with Gasteiger partial charge in [0.05, 0.1) is 5.75 Å². The molecule has 4 rings (SSSR count). The Morgan fingerprint density at radius 1 is 1.03 bits per heavy atom. The number of hydrogen-bond donors (Lipinski definition) is 0. The molecule has 2 aliphatic rings. The van der Waals surface area contributed by atoms with Crippen molar-refractivity contribution in [3.63, 3.8) is 0 Å². The zero-order valence-electron chi connectivity index (χ0n) is 16.3. The number of benzene rings is 2. The molecule has 154 valence electrons. The molecule has 2 aromatic rings. The highest BCUT2D eigenvalue weighted by Crippen LogP contribution is 2.31. The molecule has 1 fully saturated rings. The summed E-state index contributed by atoms with van der Waals surface area (Å²) in [6, 6.07) is 15.0. The predicted molar refractivity (Wildman–Crippen MR) is 115 cm³/mol.